The Morgan fingerprint density at radius 1 is 1.40 bits per heavy atom. The molecule has 0 saturated heterocycles. The van der Waals surface area contributed by atoms with Crippen molar-refractivity contribution in [3.8, 4) is 0 Å². The predicted molar refractivity (Wildman–Crippen MR) is 41.2 cm³/mol. The summed E-state index contributed by atoms with van der Waals surface area (Å²) < 4.78 is 0. The maximum Gasteiger partial charge on any atom is 0.0860 e. The van der Waals surface area contributed by atoms with Crippen LogP contribution in [-0.4, -0.2) is 6.61 Å². The third kappa shape index (κ3) is 2.50. The molecule has 0 spiro atoms. The third-order valence-electron chi connectivity index (χ3n) is 2.00. The van der Waals surface area contributed by atoms with Gasteiger partial charge in [0.05, 0.1) is 6.61 Å². The monoisotopic (exact) mass is 141 g/mol. The van der Waals surface area contributed by atoms with Crippen LogP contribution in [-0.2, 0) is 4.84 Å². The molecule has 0 aromatic carbocycles. The fraction of sp³-hybridized carbons (Fsp3) is 0.750. The summed E-state index contributed by atoms with van der Waals surface area (Å²) in [6, 6.07) is 0. The summed E-state index contributed by atoms with van der Waals surface area (Å²) in [7, 11) is 0. The van der Waals surface area contributed by atoms with E-state index in [-0.39, 0.29) is 0 Å². The molecule has 1 aliphatic carbocycles. The van der Waals surface area contributed by atoms with Gasteiger partial charge >= 0.3 is 0 Å². The van der Waals surface area contributed by atoms with E-state index in [1.54, 1.807) is 0 Å². The molecule has 0 aliphatic heterocycles. The van der Waals surface area contributed by atoms with Crippen molar-refractivity contribution < 1.29 is 4.84 Å². The summed E-state index contributed by atoms with van der Waals surface area (Å²) in [5.41, 5.74) is 0. The van der Waals surface area contributed by atoms with Gasteiger partial charge in [0.1, 0.15) is 0 Å². The maximum absolute atomic E-state index is 4.86. The summed E-state index contributed by atoms with van der Waals surface area (Å²) in [4.78, 5) is 4.41. The van der Waals surface area contributed by atoms with Gasteiger partial charge in [-0.25, -0.2) is 5.90 Å². The lowest BCUT2D eigenvalue weighted by Gasteiger charge is -1.98. The van der Waals surface area contributed by atoms with E-state index in [0.717, 1.165) is 5.92 Å². The van der Waals surface area contributed by atoms with Crippen LogP contribution in [0, 0.1) is 5.92 Å². The zero-order chi connectivity index (χ0) is 7.23. The fourth-order valence-electron chi connectivity index (χ4n) is 1.45. The average molecular weight is 141 g/mol. The Morgan fingerprint density at radius 3 is 2.70 bits per heavy atom. The number of hydrogen-bond acceptors (Lipinski definition) is 2. The summed E-state index contributed by atoms with van der Waals surface area (Å²) in [5, 5.41) is 0. The summed E-state index contributed by atoms with van der Waals surface area (Å²) >= 11 is 0. The van der Waals surface area contributed by atoms with E-state index in [0.29, 0.717) is 6.61 Å². The van der Waals surface area contributed by atoms with Crippen molar-refractivity contribution in [3.63, 3.8) is 0 Å². The highest BCUT2D eigenvalue weighted by molar-refractivity contribution is 4.90. The first kappa shape index (κ1) is 7.76. The zero-order valence-corrected chi connectivity index (χ0v) is 6.25. The van der Waals surface area contributed by atoms with Gasteiger partial charge in [0.2, 0.25) is 0 Å². The number of nitrogens with two attached hydrogens (primary N) is 1. The van der Waals surface area contributed by atoms with Crippen LogP contribution >= 0.6 is 0 Å². The maximum atomic E-state index is 4.86. The Bertz CT molecular complexity index is 106. The quantitative estimate of drug-likeness (QED) is 0.479. The first-order valence-electron chi connectivity index (χ1n) is 3.92. The standard InChI is InChI=1S/C8H15NO/c9-10-7-3-6-8-4-1-2-5-8/h3,6,8H,1-2,4-5,7,9H2/b6-3+. The Labute approximate surface area is 62.0 Å². The van der Waals surface area contributed by atoms with E-state index in [4.69, 9.17) is 5.90 Å². The van der Waals surface area contributed by atoms with Crippen molar-refractivity contribution in [2.24, 2.45) is 11.8 Å². The highest BCUT2D eigenvalue weighted by atomic mass is 16.6. The van der Waals surface area contributed by atoms with E-state index in [9.17, 15) is 0 Å². The average Bonchev–Trinajstić information content (AvgIpc) is 2.41. The molecular weight excluding hydrogens is 126 g/mol. The Hall–Kier alpha value is -0.340. The van der Waals surface area contributed by atoms with Gasteiger partial charge < -0.3 is 4.84 Å². The topological polar surface area (TPSA) is 35.2 Å². The molecule has 58 valence electrons. The van der Waals surface area contributed by atoms with Crippen LogP contribution in [0.5, 0.6) is 0 Å². The van der Waals surface area contributed by atoms with Gasteiger partial charge in [0, 0.05) is 0 Å². The van der Waals surface area contributed by atoms with E-state index < -0.39 is 0 Å². The Kier molecular flexibility index (Phi) is 3.47. The van der Waals surface area contributed by atoms with Crippen molar-refractivity contribution >= 4 is 0 Å². The van der Waals surface area contributed by atoms with Gasteiger partial charge in [-0.1, -0.05) is 25.0 Å². The first-order chi connectivity index (χ1) is 4.93. The Balaban J connectivity index is 2.10. The lowest BCUT2D eigenvalue weighted by atomic mass is 10.1. The van der Waals surface area contributed by atoms with Gasteiger partial charge in [0.15, 0.2) is 0 Å². The lowest BCUT2D eigenvalue weighted by molar-refractivity contribution is 0.167. The molecule has 0 bridgehead atoms. The van der Waals surface area contributed by atoms with Crippen molar-refractivity contribution in [3.05, 3.63) is 12.2 Å². The predicted octanol–water partition coefficient (Wildman–Crippen LogP) is 1.62. The van der Waals surface area contributed by atoms with E-state index in [1.807, 2.05) is 6.08 Å². The molecule has 2 heteroatoms. The van der Waals surface area contributed by atoms with Gasteiger partial charge in [0.25, 0.3) is 0 Å². The second-order valence-electron chi connectivity index (χ2n) is 2.81. The van der Waals surface area contributed by atoms with Crippen molar-refractivity contribution in [2.45, 2.75) is 25.7 Å². The summed E-state index contributed by atoms with van der Waals surface area (Å²) in [6.07, 6.45) is 9.70. The molecule has 2 nitrogen and oxygen atoms in total. The number of rotatable bonds is 3. The molecule has 2 N–H and O–H groups in total. The van der Waals surface area contributed by atoms with Crippen molar-refractivity contribution in [2.75, 3.05) is 6.61 Å². The van der Waals surface area contributed by atoms with E-state index >= 15 is 0 Å². The Morgan fingerprint density at radius 2 is 2.10 bits per heavy atom. The van der Waals surface area contributed by atoms with E-state index in [2.05, 4.69) is 10.9 Å². The molecule has 1 fully saturated rings. The summed E-state index contributed by atoms with van der Waals surface area (Å²) in [5.74, 6) is 5.66. The second-order valence-corrected chi connectivity index (χ2v) is 2.81. The van der Waals surface area contributed by atoms with Crippen LogP contribution in [0.2, 0.25) is 0 Å². The summed E-state index contributed by atoms with van der Waals surface area (Å²) in [6.45, 7) is 0.552. The molecule has 0 aromatic rings. The van der Waals surface area contributed by atoms with Gasteiger partial charge in [-0.15, -0.1) is 0 Å². The molecule has 0 heterocycles. The third-order valence-corrected chi connectivity index (χ3v) is 2.00. The van der Waals surface area contributed by atoms with Crippen LogP contribution in [0.3, 0.4) is 0 Å². The van der Waals surface area contributed by atoms with Crippen LogP contribution in [0.1, 0.15) is 25.7 Å². The molecule has 0 aromatic heterocycles. The fourth-order valence-corrected chi connectivity index (χ4v) is 1.45. The van der Waals surface area contributed by atoms with Crippen LogP contribution in [0.4, 0.5) is 0 Å². The molecule has 0 radical (unpaired) electrons. The normalized spacial score (nSPS) is 20.9. The van der Waals surface area contributed by atoms with Gasteiger partial charge in [-0.3, -0.25) is 0 Å². The van der Waals surface area contributed by atoms with Gasteiger partial charge in [-0.2, -0.15) is 0 Å². The number of hydrogen-bond donors (Lipinski definition) is 1. The minimum Gasteiger partial charge on any atom is -0.300 e. The molecule has 1 rings (SSSR count). The zero-order valence-electron chi connectivity index (χ0n) is 6.25. The van der Waals surface area contributed by atoms with E-state index in [1.165, 1.54) is 25.7 Å². The molecule has 1 aliphatic rings. The van der Waals surface area contributed by atoms with Crippen LogP contribution < -0.4 is 5.90 Å². The second kappa shape index (κ2) is 4.47. The number of allylic oxidation sites excluding steroid dienone is 1. The first-order valence-corrected chi connectivity index (χ1v) is 3.92. The lowest BCUT2D eigenvalue weighted by Crippen LogP contribution is -1.98. The minimum absolute atomic E-state index is 0.552. The molecule has 1 saturated carbocycles. The molecule has 0 unspecified atom stereocenters. The molecule has 10 heavy (non-hydrogen) atoms. The largest absolute Gasteiger partial charge is 0.300 e. The van der Waals surface area contributed by atoms with Crippen LogP contribution in [0.15, 0.2) is 12.2 Å². The highest BCUT2D eigenvalue weighted by Crippen LogP contribution is 2.25. The molecule has 0 amide bonds. The smallest absolute Gasteiger partial charge is 0.0860 e. The van der Waals surface area contributed by atoms with Crippen LogP contribution in [0.25, 0.3) is 0 Å². The molecule has 0 atom stereocenters. The minimum atomic E-state index is 0.552. The molecular formula is C8H15NO. The highest BCUT2D eigenvalue weighted by Gasteiger charge is 2.10. The van der Waals surface area contributed by atoms with Gasteiger partial charge in [-0.05, 0) is 18.8 Å². The van der Waals surface area contributed by atoms with Crippen molar-refractivity contribution in [1.29, 1.82) is 0 Å². The van der Waals surface area contributed by atoms with Crippen molar-refractivity contribution in [1.82, 2.24) is 0 Å². The SMILES string of the molecule is NOC/C=C/C1CCCC1.